The number of carbonyl (C=O) groups excluding carboxylic acids is 1. The number of anilines is 1. The Balaban J connectivity index is 1.97. The summed E-state index contributed by atoms with van der Waals surface area (Å²) in [5, 5.41) is 8.65. The number of hydrogen-bond donors (Lipinski definition) is 1. The number of fused-ring (bicyclic) bond motifs is 1. The Kier molecular flexibility index (Phi) is 3.54. The zero-order valence-electron chi connectivity index (χ0n) is 11.2. The standard InChI is InChI=1S/C13H16N4O2S/c1-2-8-7-19-6-5-17(8)13(18)11-10(14)9-3-4-15-16-12(9)20-11/h3-4,8H,2,5-7,14H2,1H3. The molecule has 7 heteroatoms. The Morgan fingerprint density at radius 3 is 3.25 bits per heavy atom. The smallest absolute Gasteiger partial charge is 0.266 e. The van der Waals surface area contributed by atoms with Crippen molar-refractivity contribution in [1.82, 2.24) is 15.1 Å². The van der Waals surface area contributed by atoms with Gasteiger partial charge in [-0.3, -0.25) is 4.79 Å². The van der Waals surface area contributed by atoms with Gasteiger partial charge in [0.25, 0.3) is 5.91 Å². The lowest BCUT2D eigenvalue weighted by molar-refractivity contribution is -0.00248. The molecule has 106 valence electrons. The zero-order valence-corrected chi connectivity index (χ0v) is 12.0. The van der Waals surface area contributed by atoms with Crippen LogP contribution in [0, 0.1) is 0 Å². The zero-order chi connectivity index (χ0) is 14.1. The number of nitrogens with zero attached hydrogens (tertiary/aromatic N) is 3. The number of nitrogen functional groups attached to an aromatic ring is 1. The van der Waals surface area contributed by atoms with Crippen molar-refractivity contribution in [2.75, 3.05) is 25.5 Å². The Labute approximate surface area is 120 Å². The molecule has 0 spiro atoms. The summed E-state index contributed by atoms with van der Waals surface area (Å²) in [4.78, 5) is 15.8. The molecule has 1 aliphatic heterocycles. The molecule has 2 aromatic rings. The molecule has 1 unspecified atom stereocenters. The number of morpholine rings is 1. The molecule has 0 radical (unpaired) electrons. The number of ether oxygens (including phenoxy) is 1. The molecular weight excluding hydrogens is 276 g/mol. The highest BCUT2D eigenvalue weighted by molar-refractivity contribution is 7.21. The number of thiophene rings is 1. The summed E-state index contributed by atoms with van der Waals surface area (Å²) in [6.07, 6.45) is 2.46. The van der Waals surface area contributed by atoms with Gasteiger partial charge in [0.1, 0.15) is 9.71 Å². The summed E-state index contributed by atoms with van der Waals surface area (Å²) in [7, 11) is 0. The van der Waals surface area contributed by atoms with E-state index in [1.807, 2.05) is 4.90 Å². The van der Waals surface area contributed by atoms with Gasteiger partial charge in [0.15, 0.2) is 0 Å². The fourth-order valence-electron chi connectivity index (χ4n) is 2.42. The van der Waals surface area contributed by atoms with Crippen molar-refractivity contribution in [1.29, 1.82) is 0 Å². The molecule has 2 N–H and O–H groups in total. The number of hydrogen-bond acceptors (Lipinski definition) is 6. The Hall–Kier alpha value is -1.73. The molecule has 0 aliphatic carbocycles. The summed E-state index contributed by atoms with van der Waals surface area (Å²) in [6.45, 7) is 3.83. The van der Waals surface area contributed by atoms with Gasteiger partial charge in [-0.05, 0) is 12.5 Å². The highest BCUT2D eigenvalue weighted by Gasteiger charge is 2.29. The van der Waals surface area contributed by atoms with Crippen LogP contribution in [0.2, 0.25) is 0 Å². The Morgan fingerprint density at radius 2 is 2.50 bits per heavy atom. The highest BCUT2D eigenvalue weighted by atomic mass is 32.1. The second-order valence-electron chi connectivity index (χ2n) is 4.73. The van der Waals surface area contributed by atoms with Crippen molar-refractivity contribution in [2.45, 2.75) is 19.4 Å². The molecule has 1 saturated heterocycles. The van der Waals surface area contributed by atoms with Gasteiger partial charge in [0.2, 0.25) is 0 Å². The van der Waals surface area contributed by atoms with E-state index in [4.69, 9.17) is 10.5 Å². The van der Waals surface area contributed by atoms with Crippen molar-refractivity contribution in [3.63, 3.8) is 0 Å². The van der Waals surface area contributed by atoms with Crippen molar-refractivity contribution in [3.05, 3.63) is 17.1 Å². The van der Waals surface area contributed by atoms with Gasteiger partial charge in [0, 0.05) is 11.9 Å². The van der Waals surface area contributed by atoms with E-state index in [1.165, 1.54) is 11.3 Å². The molecule has 0 saturated carbocycles. The molecule has 2 aromatic heterocycles. The average molecular weight is 292 g/mol. The van der Waals surface area contributed by atoms with Crippen LogP contribution in [0.15, 0.2) is 12.3 Å². The van der Waals surface area contributed by atoms with Crippen LogP contribution in [0.3, 0.4) is 0 Å². The molecule has 20 heavy (non-hydrogen) atoms. The highest BCUT2D eigenvalue weighted by Crippen LogP contribution is 2.33. The maximum Gasteiger partial charge on any atom is 0.266 e. The molecule has 1 aliphatic rings. The van der Waals surface area contributed by atoms with E-state index in [1.54, 1.807) is 12.3 Å². The van der Waals surface area contributed by atoms with E-state index >= 15 is 0 Å². The lowest BCUT2D eigenvalue weighted by atomic mass is 10.1. The second kappa shape index (κ2) is 5.34. The van der Waals surface area contributed by atoms with Crippen molar-refractivity contribution in [2.24, 2.45) is 0 Å². The molecule has 1 amide bonds. The van der Waals surface area contributed by atoms with Crippen LogP contribution >= 0.6 is 11.3 Å². The minimum absolute atomic E-state index is 0.0272. The van der Waals surface area contributed by atoms with Crippen molar-refractivity contribution >= 4 is 33.1 Å². The van der Waals surface area contributed by atoms with Gasteiger partial charge in [0.05, 0.1) is 31.1 Å². The summed E-state index contributed by atoms with van der Waals surface area (Å²) in [5.41, 5.74) is 6.60. The molecule has 6 nitrogen and oxygen atoms in total. The quantitative estimate of drug-likeness (QED) is 0.907. The predicted octanol–water partition coefficient (Wildman–Crippen LogP) is 1.52. The molecule has 0 bridgehead atoms. The Morgan fingerprint density at radius 1 is 1.65 bits per heavy atom. The van der Waals surface area contributed by atoms with Crippen LogP contribution in [0.25, 0.3) is 10.2 Å². The van der Waals surface area contributed by atoms with Crippen LogP contribution in [0.5, 0.6) is 0 Å². The van der Waals surface area contributed by atoms with E-state index in [-0.39, 0.29) is 11.9 Å². The molecule has 3 heterocycles. The third kappa shape index (κ3) is 2.12. The van der Waals surface area contributed by atoms with Crippen LogP contribution in [0.4, 0.5) is 5.69 Å². The largest absolute Gasteiger partial charge is 0.397 e. The monoisotopic (exact) mass is 292 g/mol. The van der Waals surface area contributed by atoms with E-state index in [2.05, 4.69) is 17.1 Å². The van der Waals surface area contributed by atoms with Crippen LogP contribution in [-0.2, 0) is 4.74 Å². The average Bonchev–Trinajstić information content (AvgIpc) is 2.84. The predicted molar refractivity (Wildman–Crippen MR) is 77.8 cm³/mol. The first-order chi connectivity index (χ1) is 9.72. The first-order valence-electron chi connectivity index (χ1n) is 6.60. The fraction of sp³-hybridized carbons (Fsp3) is 0.462. The Bertz CT molecular complexity index is 642. The van der Waals surface area contributed by atoms with Crippen LogP contribution in [-0.4, -0.2) is 46.8 Å². The molecular formula is C13H16N4O2S. The number of aromatic nitrogens is 2. The lowest BCUT2D eigenvalue weighted by Crippen LogP contribution is -2.48. The molecule has 0 aromatic carbocycles. The summed E-state index contributed by atoms with van der Waals surface area (Å²) < 4.78 is 5.43. The first-order valence-corrected chi connectivity index (χ1v) is 7.42. The third-order valence-corrected chi connectivity index (χ3v) is 4.67. The summed E-state index contributed by atoms with van der Waals surface area (Å²) in [5.74, 6) is -0.0272. The van der Waals surface area contributed by atoms with Gasteiger partial charge in [-0.25, -0.2) is 0 Å². The molecule has 3 rings (SSSR count). The van der Waals surface area contributed by atoms with Gasteiger partial charge >= 0.3 is 0 Å². The SMILES string of the molecule is CCC1COCCN1C(=O)c1sc2nnccc2c1N. The van der Waals surface area contributed by atoms with Crippen molar-refractivity contribution in [3.8, 4) is 0 Å². The topological polar surface area (TPSA) is 81.3 Å². The van der Waals surface area contributed by atoms with Gasteiger partial charge in [-0.2, -0.15) is 5.10 Å². The lowest BCUT2D eigenvalue weighted by Gasteiger charge is -2.34. The minimum atomic E-state index is -0.0272. The molecule has 1 fully saturated rings. The van der Waals surface area contributed by atoms with Gasteiger partial charge in [-0.15, -0.1) is 16.4 Å². The number of nitrogens with two attached hydrogens (primary N) is 1. The summed E-state index contributed by atoms with van der Waals surface area (Å²) in [6, 6.07) is 1.91. The van der Waals surface area contributed by atoms with E-state index in [9.17, 15) is 4.79 Å². The maximum absolute atomic E-state index is 12.7. The second-order valence-corrected chi connectivity index (χ2v) is 5.73. The van der Waals surface area contributed by atoms with Gasteiger partial charge in [-0.1, -0.05) is 6.92 Å². The van der Waals surface area contributed by atoms with E-state index in [0.717, 1.165) is 11.8 Å². The van der Waals surface area contributed by atoms with E-state index < -0.39 is 0 Å². The van der Waals surface area contributed by atoms with E-state index in [0.29, 0.717) is 35.2 Å². The maximum atomic E-state index is 12.7. The first kappa shape index (κ1) is 13.3. The molecule has 1 atom stereocenters. The third-order valence-electron chi connectivity index (χ3n) is 3.57. The fourth-order valence-corrected chi connectivity index (χ4v) is 3.42. The normalized spacial score (nSPS) is 19.4. The van der Waals surface area contributed by atoms with Gasteiger partial charge < -0.3 is 15.4 Å². The number of rotatable bonds is 2. The number of amides is 1. The van der Waals surface area contributed by atoms with Crippen LogP contribution < -0.4 is 5.73 Å². The minimum Gasteiger partial charge on any atom is -0.397 e. The van der Waals surface area contributed by atoms with Crippen molar-refractivity contribution < 1.29 is 9.53 Å². The number of carbonyl (C=O) groups is 1. The van der Waals surface area contributed by atoms with Crippen LogP contribution in [0.1, 0.15) is 23.0 Å². The summed E-state index contributed by atoms with van der Waals surface area (Å²) >= 11 is 1.31.